The normalized spacial score (nSPS) is 11.2. The molecule has 0 saturated heterocycles. The first-order chi connectivity index (χ1) is 6.32. The molecule has 1 aromatic rings. The highest BCUT2D eigenvalue weighted by Gasteiger charge is 2.15. The van der Waals surface area contributed by atoms with Gasteiger partial charge < -0.3 is 5.73 Å². The molecule has 0 aromatic heterocycles. The van der Waals surface area contributed by atoms with Gasteiger partial charge in [-0.3, -0.25) is 10.1 Å². The van der Waals surface area contributed by atoms with Crippen molar-refractivity contribution in [3.8, 4) is 0 Å². The van der Waals surface area contributed by atoms with E-state index in [1.165, 1.54) is 0 Å². The van der Waals surface area contributed by atoms with E-state index in [0.29, 0.717) is 0 Å². The standard InChI is InChI=1S/C6H7N3O4S/c7-5-3-4(9(10)11)1-2-6(5)14(8,12)13/h1-3H,7H2,(H2,8,12,13). The highest BCUT2D eigenvalue weighted by molar-refractivity contribution is 7.89. The molecule has 76 valence electrons. The molecule has 0 aliphatic heterocycles. The van der Waals surface area contributed by atoms with E-state index < -0.39 is 14.9 Å². The average molecular weight is 217 g/mol. The van der Waals surface area contributed by atoms with E-state index in [-0.39, 0.29) is 16.3 Å². The van der Waals surface area contributed by atoms with Crippen LogP contribution in [0, 0.1) is 10.1 Å². The monoisotopic (exact) mass is 217 g/mol. The first-order valence-electron chi connectivity index (χ1n) is 3.39. The molecule has 0 fully saturated rings. The zero-order valence-electron chi connectivity index (χ0n) is 6.88. The van der Waals surface area contributed by atoms with Crippen LogP contribution in [0.15, 0.2) is 23.1 Å². The number of nitro benzene ring substituents is 1. The van der Waals surface area contributed by atoms with Gasteiger partial charge in [0, 0.05) is 12.1 Å². The van der Waals surface area contributed by atoms with Gasteiger partial charge in [-0.05, 0) is 6.07 Å². The van der Waals surface area contributed by atoms with Gasteiger partial charge in [-0.2, -0.15) is 0 Å². The van der Waals surface area contributed by atoms with Crippen molar-refractivity contribution in [3.05, 3.63) is 28.3 Å². The molecular formula is C6H7N3O4S. The third-order valence-corrected chi connectivity index (χ3v) is 2.50. The van der Waals surface area contributed by atoms with Crippen molar-refractivity contribution in [2.24, 2.45) is 5.14 Å². The van der Waals surface area contributed by atoms with Crippen LogP contribution in [-0.2, 0) is 10.0 Å². The summed E-state index contributed by atoms with van der Waals surface area (Å²) < 4.78 is 21.7. The molecule has 0 spiro atoms. The van der Waals surface area contributed by atoms with Crippen molar-refractivity contribution in [2.45, 2.75) is 4.90 Å². The van der Waals surface area contributed by atoms with Gasteiger partial charge in [0.25, 0.3) is 5.69 Å². The number of rotatable bonds is 2. The number of nitrogens with zero attached hydrogens (tertiary/aromatic N) is 1. The largest absolute Gasteiger partial charge is 0.397 e. The molecule has 4 N–H and O–H groups in total. The van der Waals surface area contributed by atoms with Crippen molar-refractivity contribution in [2.75, 3.05) is 5.73 Å². The number of sulfonamides is 1. The molecule has 7 nitrogen and oxygen atoms in total. The van der Waals surface area contributed by atoms with Crippen LogP contribution in [0.2, 0.25) is 0 Å². The Morgan fingerprint density at radius 1 is 1.36 bits per heavy atom. The number of nitrogens with two attached hydrogens (primary N) is 2. The molecule has 0 aliphatic carbocycles. The molecule has 0 aliphatic rings. The third-order valence-electron chi connectivity index (χ3n) is 1.51. The SMILES string of the molecule is Nc1cc([N+](=O)[O-])ccc1S(N)(=O)=O. The fraction of sp³-hybridized carbons (Fsp3) is 0. The van der Waals surface area contributed by atoms with Gasteiger partial charge in [0.15, 0.2) is 0 Å². The molecule has 0 unspecified atom stereocenters. The maximum absolute atomic E-state index is 10.9. The molecule has 0 amide bonds. The minimum atomic E-state index is -3.92. The van der Waals surface area contributed by atoms with E-state index >= 15 is 0 Å². The van der Waals surface area contributed by atoms with E-state index in [0.717, 1.165) is 18.2 Å². The van der Waals surface area contributed by atoms with Crippen LogP contribution in [0.25, 0.3) is 0 Å². The van der Waals surface area contributed by atoms with Gasteiger partial charge in [-0.15, -0.1) is 0 Å². The smallest absolute Gasteiger partial charge is 0.271 e. The van der Waals surface area contributed by atoms with Gasteiger partial charge in [0.1, 0.15) is 4.90 Å². The van der Waals surface area contributed by atoms with Crippen molar-refractivity contribution in [1.29, 1.82) is 0 Å². The Morgan fingerprint density at radius 3 is 2.29 bits per heavy atom. The third kappa shape index (κ3) is 1.98. The van der Waals surface area contributed by atoms with Crippen molar-refractivity contribution in [1.82, 2.24) is 0 Å². The summed E-state index contributed by atoms with van der Waals surface area (Å²) in [6, 6.07) is 2.97. The minimum Gasteiger partial charge on any atom is -0.397 e. The predicted octanol–water partition coefficient (Wildman–Crippen LogP) is -0.176. The number of nitrogen functional groups attached to an aromatic ring is 1. The lowest BCUT2D eigenvalue weighted by Crippen LogP contribution is -2.14. The van der Waals surface area contributed by atoms with Crippen LogP contribution in [0.5, 0.6) is 0 Å². The Morgan fingerprint density at radius 2 is 1.93 bits per heavy atom. The van der Waals surface area contributed by atoms with Gasteiger partial charge in [-0.25, -0.2) is 13.6 Å². The first kappa shape index (κ1) is 10.4. The van der Waals surface area contributed by atoms with E-state index in [1.54, 1.807) is 0 Å². The Kier molecular flexibility index (Phi) is 2.41. The van der Waals surface area contributed by atoms with Crippen LogP contribution in [0.4, 0.5) is 11.4 Å². The second kappa shape index (κ2) is 3.24. The summed E-state index contributed by atoms with van der Waals surface area (Å²) in [6.07, 6.45) is 0. The number of non-ortho nitro benzene ring substituents is 1. The maximum Gasteiger partial charge on any atom is 0.271 e. The summed E-state index contributed by atoms with van der Waals surface area (Å²) in [5.41, 5.74) is 4.76. The van der Waals surface area contributed by atoms with Gasteiger partial charge in [0.2, 0.25) is 10.0 Å². The van der Waals surface area contributed by atoms with Gasteiger partial charge in [0.05, 0.1) is 10.6 Å². The zero-order chi connectivity index (χ0) is 10.9. The van der Waals surface area contributed by atoms with Crippen LogP contribution in [0.1, 0.15) is 0 Å². The van der Waals surface area contributed by atoms with Gasteiger partial charge in [-0.1, -0.05) is 0 Å². The lowest BCUT2D eigenvalue weighted by molar-refractivity contribution is -0.384. The molecular weight excluding hydrogens is 210 g/mol. The van der Waals surface area contributed by atoms with Crippen molar-refractivity contribution in [3.63, 3.8) is 0 Å². The Balaban J connectivity index is 3.35. The van der Waals surface area contributed by atoms with Crippen molar-refractivity contribution >= 4 is 21.4 Å². The molecule has 8 heteroatoms. The highest BCUT2D eigenvalue weighted by Crippen LogP contribution is 2.22. The molecule has 0 bridgehead atoms. The number of benzene rings is 1. The summed E-state index contributed by atoms with van der Waals surface area (Å²) in [6.45, 7) is 0. The lowest BCUT2D eigenvalue weighted by Gasteiger charge is -2.01. The average Bonchev–Trinajstić information content (AvgIpc) is 2.01. The summed E-state index contributed by atoms with van der Waals surface area (Å²) in [5, 5.41) is 15.1. The number of nitro groups is 1. The molecule has 14 heavy (non-hydrogen) atoms. The number of primary sulfonamides is 1. The zero-order valence-corrected chi connectivity index (χ0v) is 7.69. The van der Waals surface area contributed by atoms with Crippen LogP contribution >= 0.6 is 0 Å². The van der Waals surface area contributed by atoms with Crippen LogP contribution in [0.3, 0.4) is 0 Å². The molecule has 0 atom stereocenters. The minimum absolute atomic E-state index is 0.235. The summed E-state index contributed by atoms with van der Waals surface area (Å²) >= 11 is 0. The molecule has 0 radical (unpaired) electrons. The van der Waals surface area contributed by atoms with E-state index in [4.69, 9.17) is 10.9 Å². The Bertz CT molecular complexity index is 482. The fourth-order valence-electron chi connectivity index (χ4n) is 0.909. The summed E-state index contributed by atoms with van der Waals surface area (Å²) in [5.74, 6) is 0. The second-order valence-electron chi connectivity index (χ2n) is 2.52. The first-order valence-corrected chi connectivity index (χ1v) is 4.93. The summed E-state index contributed by atoms with van der Waals surface area (Å²) in [4.78, 5) is 9.29. The van der Waals surface area contributed by atoms with Crippen LogP contribution in [-0.4, -0.2) is 13.3 Å². The maximum atomic E-state index is 10.9. The van der Waals surface area contributed by atoms with E-state index in [2.05, 4.69) is 0 Å². The topological polar surface area (TPSA) is 129 Å². The number of hydrogen-bond acceptors (Lipinski definition) is 5. The Labute approximate surface area is 79.5 Å². The van der Waals surface area contributed by atoms with Crippen molar-refractivity contribution < 1.29 is 13.3 Å². The summed E-state index contributed by atoms with van der Waals surface area (Å²) in [7, 11) is -3.92. The lowest BCUT2D eigenvalue weighted by atomic mass is 10.3. The van der Waals surface area contributed by atoms with E-state index in [1.807, 2.05) is 0 Å². The van der Waals surface area contributed by atoms with Crippen LogP contribution < -0.4 is 10.9 Å². The molecule has 1 aromatic carbocycles. The Hall–Kier alpha value is -1.67. The van der Waals surface area contributed by atoms with E-state index in [9.17, 15) is 18.5 Å². The number of anilines is 1. The quantitative estimate of drug-likeness (QED) is 0.403. The molecule has 1 rings (SSSR count). The molecule has 0 heterocycles. The highest BCUT2D eigenvalue weighted by atomic mass is 32.2. The number of hydrogen-bond donors (Lipinski definition) is 2. The van der Waals surface area contributed by atoms with Gasteiger partial charge >= 0.3 is 0 Å². The predicted molar refractivity (Wildman–Crippen MR) is 48.9 cm³/mol. The second-order valence-corrected chi connectivity index (χ2v) is 4.05. The molecule has 0 saturated carbocycles. The fourth-order valence-corrected chi connectivity index (χ4v) is 1.55.